The number of carbonyl (C=O) groups excluding carboxylic acids is 1. The predicted molar refractivity (Wildman–Crippen MR) is 96.5 cm³/mol. The molecule has 1 N–H and O–H groups in total. The molecule has 1 heterocycles. The summed E-state index contributed by atoms with van der Waals surface area (Å²) in [6.07, 6.45) is -1.37. The van der Waals surface area contributed by atoms with Crippen molar-refractivity contribution in [3.05, 3.63) is 96.3 Å². The van der Waals surface area contributed by atoms with E-state index >= 15 is 0 Å². The van der Waals surface area contributed by atoms with Crippen molar-refractivity contribution in [1.82, 2.24) is 4.98 Å². The molecule has 2 aromatic rings. The van der Waals surface area contributed by atoms with Gasteiger partial charge in [-0.05, 0) is 35.9 Å². The lowest BCUT2D eigenvalue weighted by molar-refractivity contribution is -0.113. The Balaban J connectivity index is 2.20. The molecule has 0 unspecified atom stereocenters. The number of hydrogen-bond acceptors (Lipinski definition) is 3. The van der Waals surface area contributed by atoms with Crippen LogP contribution in [0.3, 0.4) is 0 Å². The van der Waals surface area contributed by atoms with Gasteiger partial charge in [-0.2, -0.15) is 13.2 Å². The van der Waals surface area contributed by atoms with Gasteiger partial charge in [0, 0.05) is 11.8 Å². The summed E-state index contributed by atoms with van der Waals surface area (Å²) in [5, 5.41) is 2.42. The number of anilines is 1. The van der Waals surface area contributed by atoms with Crippen LogP contribution in [0.15, 0.2) is 84.9 Å². The highest BCUT2D eigenvalue weighted by Crippen LogP contribution is 2.28. The van der Waals surface area contributed by atoms with Gasteiger partial charge >= 0.3 is 6.18 Å². The summed E-state index contributed by atoms with van der Waals surface area (Å²) in [7, 11) is 0. The topological polar surface area (TPSA) is 51.2 Å². The number of nitrogens with zero attached hydrogens (tertiary/aromatic N) is 1. The largest absolute Gasteiger partial charge is 0.489 e. The van der Waals surface area contributed by atoms with E-state index in [4.69, 9.17) is 4.74 Å². The fourth-order valence-electron chi connectivity index (χ4n) is 1.99. The summed E-state index contributed by atoms with van der Waals surface area (Å²) in [6, 6.07) is 8.36. The molecule has 0 aliphatic carbocycles. The molecule has 0 radical (unpaired) electrons. The molecule has 28 heavy (non-hydrogen) atoms. The van der Waals surface area contributed by atoms with Gasteiger partial charge in [-0.1, -0.05) is 25.3 Å². The van der Waals surface area contributed by atoms with Crippen LogP contribution in [0.5, 0.6) is 0 Å². The van der Waals surface area contributed by atoms with Crippen molar-refractivity contribution in [3.8, 4) is 0 Å². The Morgan fingerprint density at radius 2 is 1.86 bits per heavy atom. The maximum atomic E-state index is 12.9. The molecule has 0 spiro atoms. The standard InChI is InChI=1S/C20H16F4N2O2/c1-13(20(22,23)24)10-18(19(27)26-17-4-3-9-25-11-17)14(2)28-12-15-5-7-16(21)8-6-15/h3-11H,1-2,12H2,(H,26,27)/b18-10+. The van der Waals surface area contributed by atoms with Gasteiger partial charge in [0.15, 0.2) is 0 Å². The molecule has 2 rings (SSSR count). The molecular weight excluding hydrogens is 376 g/mol. The number of hydrogen-bond donors (Lipinski definition) is 1. The maximum absolute atomic E-state index is 12.9. The predicted octanol–water partition coefficient (Wildman–Crippen LogP) is 4.93. The number of aromatic nitrogens is 1. The Morgan fingerprint density at radius 1 is 1.18 bits per heavy atom. The first-order valence-electron chi connectivity index (χ1n) is 7.92. The Morgan fingerprint density at radius 3 is 2.43 bits per heavy atom. The highest BCUT2D eigenvalue weighted by atomic mass is 19.4. The average Bonchev–Trinajstić information content (AvgIpc) is 2.65. The van der Waals surface area contributed by atoms with Gasteiger partial charge in [0.05, 0.1) is 17.5 Å². The molecule has 146 valence electrons. The molecule has 0 aliphatic heterocycles. The molecular formula is C20H16F4N2O2. The summed E-state index contributed by atoms with van der Waals surface area (Å²) in [4.78, 5) is 16.3. The minimum atomic E-state index is -4.73. The summed E-state index contributed by atoms with van der Waals surface area (Å²) in [6.45, 7) is 6.35. The Bertz CT molecular complexity index is 889. The van der Waals surface area contributed by atoms with Crippen LogP contribution in [0.2, 0.25) is 0 Å². The Kier molecular flexibility index (Phi) is 6.70. The van der Waals surface area contributed by atoms with E-state index in [2.05, 4.69) is 23.5 Å². The van der Waals surface area contributed by atoms with Crippen LogP contribution < -0.4 is 5.32 Å². The second kappa shape index (κ2) is 8.98. The van der Waals surface area contributed by atoms with Crippen molar-refractivity contribution >= 4 is 11.6 Å². The van der Waals surface area contributed by atoms with Gasteiger partial charge in [0.1, 0.15) is 18.2 Å². The normalized spacial score (nSPS) is 11.6. The third-order valence-electron chi connectivity index (χ3n) is 3.47. The summed E-state index contributed by atoms with van der Waals surface area (Å²) < 4.78 is 56.9. The van der Waals surface area contributed by atoms with Crippen LogP contribution >= 0.6 is 0 Å². The zero-order valence-electron chi connectivity index (χ0n) is 14.6. The number of nitrogens with one attached hydrogen (secondary N) is 1. The highest BCUT2D eigenvalue weighted by molar-refractivity contribution is 6.06. The zero-order chi connectivity index (χ0) is 20.7. The quantitative estimate of drug-likeness (QED) is 0.314. The summed E-state index contributed by atoms with van der Waals surface area (Å²) in [5.41, 5.74) is -0.866. The van der Waals surface area contributed by atoms with Crippen molar-refractivity contribution in [1.29, 1.82) is 0 Å². The van der Waals surface area contributed by atoms with Crippen LogP contribution in [0.25, 0.3) is 0 Å². The van der Waals surface area contributed by atoms with E-state index in [-0.39, 0.29) is 18.1 Å². The monoisotopic (exact) mass is 392 g/mol. The van der Waals surface area contributed by atoms with Crippen LogP contribution in [0, 0.1) is 5.82 Å². The number of ether oxygens (including phenoxy) is 1. The zero-order valence-corrected chi connectivity index (χ0v) is 14.6. The van der Waals surface area contributed by atoms with E-state index in [0.29, 0.717) is 11.6 Å². The second-order valence-corrected chi connectivity index (χ2v) is 5.62. The number of amides is 1. The van der Waals surface area contributed by atoms with Crippen molar-refractivity contribution in [3.63, 3.8) is 0 Å². The van der Waals surface area contributed by atoms with Crippen molar-refractivity contribution < 1.29 is 27.1 Å². The fourth-order valence-corrected chi connectivity index (χ4v) is 1.99. The molecule has 0 saturated carbocycles. The molecule has 4 nitrogen and oxygen atoms in total. The van der Waals surface area contributed by atoms with Crippen molar-refractivity contribution in [2.75, 3.05) is 5.32 Å². The number of benzene rings is 1. The molecule has 0 aliphatic rings. The van der Waals surface area contributed by atoms with Crippen LogP contribution in [0.4, 0.5) is 23.2 Å². The fraction of sp³-hybridized carbons (Fsp3) is 0.100. The molecule has 1 aromatic heterocycles. The summed E-state index contributed by atoms with van der Waals surface area (Å²) >= 11 is 0. The molecule has 0 fully saturated rings. The number of allylic oxidation sites excluding steroid dienone is 2. The Labute approximate surface area is 158 Å². The van der Waals surface area contributed by atoms with Crippen LogP contribution in [-0.2, 0) is 16.1 Å². The van der Waals surface area contributed by atoms with Crippen molar-refractivity contribution in [2.45, 2.75) is 12.8 Å². The van der Waals surface area contributed by atoms with E-state index in [0.717, 1.165) is 0 Å². The SMILES string of the molecule is C=C(OCc1ccc(F)cc1)/C(=C\C(=C)C(F)(F)F)C(=O)Nc1cccnc1. The third-order valence-corrected chi connectivity index (χ3v) is 3.47. The van der Waals surface area contributed by atoms with Gasteiger partial charge in [0.2, 0.25) is 0 Å². The Hall–Kier alpha value is -3.42. The first-order valence-corrected chi connectivity index (χ1v) is 7.92. The van der Waals surface area contributed by atoms with Gasteiger partial charge in [-0.15, -0.1) is 0 Å². The lowest BCUT2D eigenvalue weighted by atomic mass is 10.1. The molecule has 1 amide bonds. The van der Waals surface area contributed by atoms with E-state index < -0.39 is 29.0 Å². The number of pyridine rings is 1. The average molecular weight is 392 g/mol. The van der Waals surface area contributed by atoms with E-state index in [1.807, 2.05) is 0 Å². The van der Waals surface area contributed by atoms with Gasteiger partial charge in [0.25, 0.3) is 5.91 Å². The molecule has 1 aromatic carbocycles. The maximum Gasteiger partial charge on any atom is 0.415 e. The van der Waals surface area contributed by atoms with Crippen molar-refractivity contribution in [2.24, 2.45) is 0 Å². The molecule has 0 bridgehead atoms. The minimum absolute atomic E-state index is 0.116. The van der Waals surface area contributed by atoms with Crippen LogP contribution in [0.1, 0.15) is 5.56 Å². The molecule has 0 atom stereocenters. The van der Waals surface area contributed by atoms with Gasteiger partial charge in [-0.3, -0.25) is 9.78 Å². The molecule has 0 saturated heterocycles. The smallest absolute Gasteiger partial charge is 0.415 e. The van der Waals surface area contributed by atoms with E-state index in [1.165, 1.54) is 42.7 Å². The molecule has 8 heteroatoms. The first-order chi connectivity index (χ1) is 13.2. The third kappa shape index (κ3) is 6.08. The summed E-state index contributed by atoms with van der Waals surface area (Å²) in [5.74, 6) is -1.61. The lowest BCUT2D eigenvalue weighted by Gasteiger charge is -2.15. The van der Waals surface area contributed by atoms with E-state index in [9.17, 15) is 22.4 Å². The highest BCUT2D eigenvalue weighted by Gasteiger charge is 2.31. The van der Waals surface area contributed by atoms with E-state index in [1.54, 1.807) is 6.07 Å². The first kappa shape index (κ1) is 20.9. The number of carbonyl (C=O) groups is 1. The number of rotatable bonds is 7. The second-order valence-electron chi connectivity index (χ2n) is 5.62. The van der Waals surface area contributed by atoms with Crippen LogP contribution in [-0.4, -0.2) is 17.1 Å². The minimum Gasteiger partial charge on any atom is -0.489 e. The number of halogens is 4. The number of alkyl halides is 3. The lowest BCUT2D eigenvalue weighted by Crippen LogP contribution is -2.19. The van der Waals surface area contributed by atoms with Gasteiger partial charge < -0.3 is 10.1 Å². The van der Waals surface area contributed by atoms with Gasteiger partial charge in [-0.25, -0.2) is 4.39 Å².